The van der Waals surface area contributed by atoms with Gasteiger partial charge in [-0.05, 0) is 47.4 Å². The zero-order valence-electron chi connectivity index (χ0n) is 19.7. The van der Waals surface area contributed by atoms with Gasteiger partial charge < -0.3 is 10.2 Å². The highest BCUT2D eigenvalue weighted by Gasteiger charge is 2.15. The predicted octanol–water partition coefficient (Wildman–Crippen LogP) is 4.78. The number of carbonyl (C=O) groups excluding carboxylic acids is 2. The van der Waals surface area contributed by atoms with Crippen molar-refractivity contribution in [2.75, 3.05) is 20.6 Å². The molecule has 0 saturated carbocycles. The highest BCUT2D eigenvalue weighted by atomic mass is 16.2. The first-order valence-corrected chi connectivity index (χ1v) is 11.7. The Labute approximate surface area is 197 Å². The molecule has 0 spiro atoms. The van der Waals surface area contributed by atoms with Crippen molar-refractivity contribution in [1.82, 2.24) is 10.2 Å². The largest absolute Gasteiger partial charge is 0.359 e. The molecule has 0 aromatic heterocycles. The first-order valence-electron chi connectivity index (χ1n) is 11.7. The Morgan fingerprint density at radius 3 is 2.06 bits per heavy atom. The molecule has 0 bridgehead atoms. The van der Waals surface area contributed by atoms with Gasteiger partial charge in [0.05, 0.1) is 6.42 Å². The van der Waals surface area contributed by atoms with Gasteiger partial charge >= 0.3 is 0 Å². The summed E-state index contributed by atoms with van der Waals surface area (Å²) >= 11 is 0. The Balaban J connectivity index is 1.56. The number of rotatable bonds is 11. The van der Waals surface area contributed by atoms with E-state index < -0.39 is 0 Å². The van der Waals surface area contributed by atoms with Gasteiger partial charge in [-0.15, -0.1) is 0 Å². The van der Waals surface area contributed by atoms with E-state index in [0.29, 0.717) is 19.4 Å². The van der Waals surface area contributed by atoms with E-state index in [4.69, 9.17) is 0 Å². The van der Waals surface area contributed by atoms with Crippen LogP contribution in [0.1, 0.15) is 41.0 Å². The highest BCUT2D eigenvalue weighted by Crippen LogP contribution is 2.26. The fourth-order valence-corrected chi connectivity index (χ4v) is 4.00. The van der Waals surface area contributed by atoms with Crippen molar-refractivity contribution in [3.05, 3.63) is 107 Å². The third-order valence-corrected chi connectivity index (χ3v) is 6.13. The fraction of sp³-hybridized carbons (Fsp3) is 0.310. The summed E-state index contributed by atoms with van der Waals surface area (Å²) in [6.07, 6.45) is 3.45. The summed E-state index contributed by atoms with van der Waals surface area (Å²) in [6.45, 7) is 0.713. The molecule has 0 aliphatic heterocycles. The fourth-order valence-electron chi connectivity index (χ4n) is 4.00. The summed E-state index contributed by atoms with van der Waals surface area (Å²) in [6, 6.07) is 29.0. The molecule has 1 atom stereocenters. The highest BCUT2D eigenvalue weighted by molar-refractivity contribution is 5.78. The van der Waals surface area contributed by atoms with Gasteiger partial charge in [0.2, 0.25) is 11.8 Å². The monoisotopic (exact) mass is 442 g/mol. The molecule has 3 rings (SSSR count). The molecule has 0 radical (unpaired) electrons. The van der Waals surface area contributed by atoms with Crippen LogP contribution in [0, 0.1) is 0 Å². The molecule has 3 aromatic rings. The van der Waals surface area contributed by atoms with Crippen LogP contribution < -0.4 is 5.32 Å². The molecule has 172 valence electrons. The van der Waals surface area contributed by atoms with Gasteiger partial charge in [0.15, 0.2) is 0 Å². The molecular formula is C29H34N2O2. The van der Waals surface area contributed by atoms with E-state index in [1.165, 1.54) is 16.7 Å². The summed E-state index contributed by atoms with van der Waals surface area (Å²) in [5.74, 6) is 0.479. The van der Waals surface area contributed by atoms with Gasteiger partial charge in [-0.2, -0.15) is 0 Å². The van der Waals surface area contributed by atoms with Crippen LogP contribution in [0.3, 0.4) is 0 Å². The summed E-state index contributed by atoms with van der Waals surface area (Å²) in [7, 11) is 3.55. The van der Waals surface area contributed by atoms with E-state index in [1.54, 1.807) is 7.05 Å². The number of amides is 2. The van der Waals surface area contributed by atoms with Crippen molar-refractivity contribution in [1.29, 1.82) is 0 Å². The molecule has 4 heteroatoms. The van der Waals surface area contributed by atoms with Gasteiger partial charge in [0.1, 0.15) is 0 Å². The Hall–Kier alpha value is -3.40. The number of hydrogen-bond donors (Lipinski definition) is 1. The minimum absolute atomic E-state index is 0.0705. The minimum Gasteiger partial charge on any atom is -0.359 e. The van der Waals surface area contributed by atoms with E-state index in [1.807, 2.05) is 48.3 Å². The van der Waals surface area contributed by atoms with Crippen LogP contribution in [-0.2, 0) is 28.9 Å². The van der Waals surface area contributed by atoms with Crippen molar-refractivity contribution < 1.29 is 9.59 Å². The summed E-state index contributed by atoms with van der Waals surface area (Å²) in [5.41, 5.74) is 4.73. The van der Waals surface area contributed by atoms with Crippen LogP contribution in [0.4, 0.5) is 0 Å². The molecule has 4 nitrogen and oxygen atoms in total. The van der Waals surface area contributed by atoms with E-state index >= 15 is 0 Å². The lowest BCUT2D eigenvalue weighted by atomic mass is 9.88. The quantitative estimate of drug-likeness (QED) is 0.464. The maximum atomic E-state index is 12.6. The zero-order chi connectivity index (χ0) is 23.5. The van der Waals surface area contributed by atoms with Crippen LogP contribution in [0.25, 0.3) is 0 Å². The van der Waals surface area contributed by atoms with E-state index in [2.05, 4.69) is 53.8 Å². The van der Waals surface area contributed by atoms with Crippen LogP contribution in [0.15, 0.2) is 84.9 Å². The normalized spacial score (nSPS) is 11.6. The number of nitrogens with one attached hydrogen (secondary N) is 1. The molecule has 0 heterocycles. The molecular weight excluding hydrogens is 408 g/mol. The lowest BCUT2D eigenvalue weighted by Gasteiger charge is -2.19. The van der Waals surface area contributed by atoms with Gasteiger partial charge in [-0.3, -0.25) is 9.59 Å². The molecule has 0 aliphatic rings. The van der Waals surface area contributed by atoms with Gasteiger partial charge in [0.25, 0.3) is 0 Å². The standard InChI is InChI=1S/C29H34N2O2/c1-30-28(32)18-17-27(26-11-7-4-8-12-26)21-24-13-15-25(16-14-24)22-29(33)31(2)20-19-23-9-5-3-6-10-23/h3-16,27H,17-22H2,1-2H3,(H,30,32). The van der Waals surface area contributed by atoms with Crippen molar-refractivity contribution in [2.45, 2.75) is 38.0 Å². The smallest absolute Gasteiger partial charge is 0.226 e. The Kier molecular flexibility index (Phi) is 9.25. The minimum atomic E-state index is 0.0705. The number of nitrogens with zero attached hydrogens (tertiary/aromatic N) is 1. The van der Waals surface area contributed by atoms with E-state index in [0.717, 1.165) is 24.8 Å². The second-order valence-corrected chi connectivity index (χ2v) is 8.57. The zero-order valence-corrected chi connectivity index (χ0v) is 19.7. The first kappa shape index (κ1) is 24.2. The van der Waals surface area contributed by atoms with Crippen LogP contribution in [0.2, 0.25) is 0 Å². The SMILES string of the molecule is CNC(=O)CCC(Cc1ccc(CC(=O)N(C)CCc2ccccc2)cc1)c1ccccc1. The lowest BCUT2D eigenvalue weighted by Crippen LogP contribution is -2.30. The summed E-state index contributed by atoms with van der Waals surface area (Å²) in [5, 5.41) is 2.71. The maximum Gasteiger partial charge on any atom is 0.226 e. The van der Waals surface area contributed by atoms with Crippen LogP contribution >= 0.6 is 0 Å². The van der Waals surface area contributed by atoms with Gasteiger partial charge in [-0.1, -0.05) is 84.9 Å². The molecule has 0 fully saturated rings. The topological polar surface area (TPSA) is 49.4 Å². The molecule has 0 saturated heterocycles. The third kappa shape index (κ3) is 7.90. The Morgan fingerprint density at radius 1 is 0.818 bits per heavy atom. The van der Waals surface area contributed by atoms with Gasteiger partial charge in [-0.25, -0.2) is 0 Å². The number of carbonyl (C=O) groups is 2. The van der Waals surface area contributed by atoms with E-state index in [-0.39, 0.29) is 17.7 Å². The van der Waals surface area contributed by atoms with Crippen molar-refractivity contribution >= 4 is 11.8 Å². The molecule has 33 heavy (non-hydrogen) atoms. The predicted molar refractivity (Wildman–Crippen MR) is 134 cm³/mol. The Bertz CT molecular complexity index is 1000. The van der Waals surface area contributed by atoms with Crippen molar-refractivity contribution in [3.8, 4) is 0 Å². The maximum absolute atomic E-state index is 12.6. The van der Waals surface area contributed by atoms with Crippen LogP contribution in [0.5, 0.6) is 0 Å². The summed E-state index contributed by atoms with van der Waals surface area (Å²) < 4.78 is 0. The molecule has 0 aliphatic carbocycles. The second-order valence-electron chi connectivity index (χ2n) is 8.57. The first-order chi connectivity index (χ1) is 16.0. The molecule has 1 N–H and O–H groups in total. The second kappa shape index (κ2) is 12.6. The van der Waals surface area contributed by atoms with E-state index in [9.17, 15) is 9.59 Å². The average molecular weight is 443 g/mol. The van der Waals surface area contributed by atoms with Crippen molar-refractivity contribution in [2.24, 2.45) is 0 Å². The lowest BCUT2D eigenvalue weighted by molar-refractivity contribution is -0.129. The average Bonchev–Trinajstić information content (AvgIpc) is 2.86. The number of benzene rings is 3. The summed E-state index contributed by atoms with van der Waals surface area (Å²) in [4.78, 5) is 26.2. The number of hydrogen-bond acceptors (Lipinski definition) is 2. The molecule has 2 amide bonds. The molecule has 3 aromatic carbocycles. The third-order valence-electron chi connectivity index (χ3n) is 6.13. The van der Waals surface area contributed by atoms with Crippen LogP contribution in [-0.4, -0.2) is 37.4 Å². The van der Waals surface area contributed by atoms with Gasteiger partial charge in [0, 0.05) is 27.1 Å². The number of likely N-dealkylation sites (N-methyl/N-ethyl adjacent to an activating group) is 1. The molecule has 1 unspecified atom stereocenters. The Morgan fingerprint density at radius 2 is 1.42 bits per heavy atom. The van der Waals surface area contributed by atoms with Crippen molar-refractivity contribution in [3.63, 3.8) is 0 Å².